The Bertz CT molecular complexity index is 950. The van der Waals surface area contributed by atoms with Gasteiger partial charge in [0.15, 0.2) is 0 Å². The maximum Gasteiger partial charge on any atom is 0.276 e. The van der Waals surface area contributed by atoms with Gasteiger partial charge in [-0.15, -0.1) is 11.3 Å². The summed E-state index contributed by atoms with van der Waals surface area (Å²) in [7, 11) is 0. The zero-order valence-electron chi connectivity index (χ0n) is 16.4. The van der Waals surface area contributed by atoms with Crippen LogP contribution in [0.4, 0.5) is 10.7 Å². The summed E-state index contributed by atoms with van der Waals surface area (Å²) in [5.74, 6) is 0.474. The summed E-state index contributed by atoms with van der Waals surface area (Å²) in [6, 6.07) is 6.55. The minimum absolute atomic E-state index is 0.00910. The molecule has 1 aliphatic heterocycles. The number of thiophene rings is 1. The van der Waals surface area contributed by atoms with Crippen LogP contribution in [0.3, 0.4) is 0 Å². The Labute approximate surface area is 168 Å². The third-order valence-electron chi connectivity index (χ3n) is 6.50. The molecule has 2 aliphatic rings. The van der Waals surface area contributed by atoms with Gasteiger partial charge in [-0.05, 0) is 42.2 Å². The van der Waals surface area contributed by atoms with Gasteiger partial charge < -0.3 is 10.6 Å². The third kappa shape index (κ3) is 3.07. The molecule has 0 fully saturated rings. The van der Waals surface area contributed by atoms with Crippen LogP contribution in [0.25, 0.3) is 0 Å². The Kier molecular flexibility index (Phi) is 4.65. The average Bonchev–Trinajstić information content (AvgIpc) is 3.06. The molecule has 0 spiro atoms. The van der Waals surface area contributed by atoms with Crippen molar-refractivity contribution >= 4 is 27.9 Å². The number of benzene rings is 1. The lowest BCUT2D eigenvalue weighted by Gasteiger charge is -2.36. The first-order valence-electron chi connectivity index (χ1n) is 9.77. The van der Waals surface area contributed by atoms with Crippen molar-refractivity contribution in [1.82, 2.24) is 5.32 Å². The Morgan fingerprint density at radius 3 is 2.75 bits per heavy atom. The third-order valence-corrected chi connectivity index (χ3v) is 7.69. The summed E-state index contributed by atoms with van der Waals surface area (Å²) in [5.41, 5.74) is 2.67. The van der Waals surface area contributed by atoms with Crippen molar-refractivity contribution in [2.75, 3.05) is 5.32 Å². The van der Waals surface area contributed by atoms with Crippen molar-refractivity contribution in [3.63, 3.8) is 0 Å². The van der Waals surface area contributed by atoms with Gasteiger partial charge in [-0.25, -0.2) is 0 Å². The minimum Gasteiger partial charge on any atom is -0.352 e. The highest BCUT2D eigenvalue weighted by Crippen LogP contribution is 2.47. The Morgan fingerprint density at radius 2 is 2.04 bits per heavy atom. The number of hydrogen-bond donors (Lipinski definition) is 2. The largest absolute Gasteiger partial charge is 0.352 e. The molecule has 1 aromatic carbocycles. The molecule has 28 heavy (non-hydrogen) atoms. The van der Waals surface area contributed by atoms with Crippen LogP contribution in [0, 0.1) is 21.4 Å². The van der Waals surface area contributed by atoms with E-state index in [0.29, 0.717) is 11.5 Å². The Morgan fingerprint density at radius 1 is 1.29 bits per heavy atom. The van der Waals surface area contributed by atoms with Crippen LogP contribution in [0.15, 0.2) is 24.3 Å². The predicted octanol–water partition coefficient (Wildman–Crippen LogP) is 5.05. The van der Waals surface area contributed by atoms with Gasteiger partial charge in [-0.3, -0.25) is 14.9 Å². The van der Waals surface area contributed by atoms with E-state index in [-0.39, 0.29) is 17.0 Å². The molecule has 6 nitrogen and oxygen atoms in total. The van der Waals surface area contributed by atoms with Crippen LogP contribution in [0.5, 0.6) is 0 Å². The highest BCUT2D eigenvalue weighted by Gasteiger charge is 2.38. The van der Waals surface area contributed by atoms with E-state index >= 15 is 0 Å². The number of hydrogen-bond acceptors (Lipinski definition) is 5. The second-order valence-corrected chi connectivity index (χ2v) is 9.46. The van der Waals surface area contributed by atoms with Gasteiger partial charge in [0.05, 0.1) is 16.1 Å². The molecule has 7 heteroatoms. The molecule has 0 bridgehead atoms. The van der Waals surface area contributed by atoms with Crippen molar-refractivity contribution in [3.8, 4) is 0 Å². The first-order valence-corrected chi connectivity index (χ1v) is 10.6. The van der Waals surface area contributed by atoms with Gasteiger partial charge in [0, 0.05) is 10.9 Å². The molecule has 2 aromatic rings. The molecule has 2 atom stereocenters. The topological polar surface area (TPSA) is 84.3 Å². The number of nitro benzene ring substituents is 1. The SMILES string of the molecule is CCC(C)(C)[C@H]1CCc2c(sc3c2C(=O)N[C@@H](c2ccccc2[N+](=O)[O-])N3)C1. The van der Waals surface area contributed by atoms with Crippen molar-refractivity contribution in [2.24, 2.45) is 11.3 Å². The van der Waals surface area contributed by atoms with Crippen molar-refractivity contribution in [2.45, 2.75) is 52.6 Å². The van der Waals surface area contributed by atoms with Gasteiger partial charge in [-0.2, -0.15) is 0 Å². The van der Waals surface area contributed by atoms with E-state index in [1.807, 2.05) is 0 Å². The lowest BCUT2D eigenvalue weighted by atomic mass is 9.69. The van der Waals surface area contributed by atoms with E-state index in [1.54, 1.807) is 29.5 Å². The number of amides is 1. The van der Waals surface area contributed by atoms with Crippen LogP contribution in [0.1, 0.15) is 66.1 Å². The maximum absolute atomic E-state index is 12.9. The standard InChI is InChI=1S/C21H25N3O3S/c1-4-21(2,3)12-9-10-14-16(11-12)28-20-17(14)19(25)22-18(23-20)13-7-5-6-8-15(13)24(26)27/h5-8,12,18,23H,4,9-11H2,1-3H3,(H,22,25)/t12-,18+/m0/s1. The monoisotopic (exact) mass is 399 g/mol. The highest BCUT2D eigenvalue weighted by atomic mass is 32.1. The average molecular weight is 400 g/mol. The molecule has 0 unspecified atom stereocenters. The second kappa shape index (κ2) is 6.88. The number of nitro groups is 1. The first-order chi connectivity index (χ1) is 13.3. The zero-order chi connectivity index (χ0) is 20.1. The van der Waals surface area contributed by atoms with E-state index in [4.69, 9.17) is 0 Å². The van der Waals surface area contributed by atoms with E-state index in [2.05, 4.69) is 31.4 Å². The number of rotatable bonds is 4. The van der Waals surface area contributed by atoms with E-state index in [9.17, 15) is 14.9 Å². The molecular weight excluding hydrogens is 374 g/mol. The molecule has 1 amide bonds. The van der Waals surface area contributed by atoms with E-state index < -0.39 is 11.1 Å². The number of nitrogens with zero attached hydrogens (tertiary/aromatic N) is 1. The molecule has 1 aromatic heterocycles. The summed E-state index contributed by atoms with van der Waals surface area (Å²) in [6.45, 7) is 6.89. The molecule has 2 heterocycles. The Hall–Kier alpha value is -2.41. The molecule has 0 saturated carbocycles. The summed E-state index contributed by atoms with van der Waals surface area (Å²) in [6.07, 6.45) is 3.55. The quantitative estimate of drug-likeness (QED) is 0.556. The summed E-state index contributed by atoms with van der Waals surface area (Å²) in [4.78, 5) is 25.2. The number of carbonyl (C=O) groups excluding carboxylic acids is 1. The molecule has 148 valence electrons. The minimum atomic E-state index is -0.593. The van der Waals surface area contributed by atoms with Gasteiger partial charge in [0.25, 0.3) is 11.6 Å². The normalized spacial score (nSPS) is 21.3. The fourth-order valence-corrected chi connectivity index (χ4v) is 5.66. The van der Waals surface area contributed by atoms with Gasteiger partial charge >= 0.3 is 0 Å². The molecule has 0 radical (unpaired) electrons. The van der Waals surface area contributed by atoms with Gasteiger partial charge in [0.2, 0.25) is 0 Å². The lowest BCUT2D eigenvalue weighted by Crippen LogP contribution is -2.38. The fourth-order valence-electron chi connectivity index (χ4n) is 4.31. The molecular formula is C21H25N3O3S. The fraction of sp³-hybridized carbons (Fsp3) is 0.476. The van der Waals surface area contributed by atoms with Gasteiger partial charge in [-0.1, -0.05) is 39.3 Å². The Balaban J connectivity index is 1.66. The summed E-state index contributed by atoms with van der Waals surface area (Å²) < 4.78 is 0. The number of anilines is 1. The van der Waals surface area contributed by atoms with Crippen LogP contribution in [-0.2, 0) is 12.8 Å². The smallest absolute Gasteiger partial charge is 0.276 e. The number of carbonyl (C=O) groups is 1. The van der Waals surface area contributed by atoms with E-state index in [1.165, 1.54) is 10.9 Å². The molecule has 1 aliphatic carbocycles. The molecule has 0 saturated heterocycles. The van der Waals surface area contributed by atoms with Crippen LogP contribution in [-0.4, -0.2) is 10.8 Å². The predicted molar refractivity (Wildman–Crippen MR) is 111 cm³/mol. The van der Waals surface area contributed by atoms with Crippen LogP contribution >= 0.6 is 11.3 Å². The molecule has 2 N–H and O–H groups in total. The van der Waals surface area contributed by atoms with Crippen LogP contribution in [0.2, 0.25) is 0 Å². The number of fused-ring (bicyclic) bond motifs is 3. The highest BCUT2D eigenvalue weighted by molar-refractivity contribution is 7.16. The summed E-state index contributed by atoms with van der Waals surface area (Å²) in [5, 5.41) is 18.5. The zero-order valence-corrected chi connectivity index (χ0v) is 17.2. The van der Waals surface area contributed by atoms with Crippen molar-refractivity contribution in [1.29, 1.82) is 0 Å². The number of nitrogens with one attached hydrogen (secondary N) is 2. The van der Waals surface area contributed by atoms with Crippen molar-refractivity contribution in [3.05, 3.63) is 55.9 Å². The second-order valence-electron chi connectivity index (χ2n) is 8.36. The van der Waals surface area contributed by atoms with Crippen molar-refractivity contribution < 1.29 is 9.72 Å². The van der Waals surface area contributed by atoms with Crippen LogP contribution < -0.4 is 10.6 Å². The lowest BCUT2D eigenvalue weighted by molar-refractivity contribution is -0.385. The molecule has 4 rings (SSSR count). The number of para-hydroxylation sites is 1. The summed E-state index contributed by atoms with van der Waals surface area (Å²) >= 11 is 1.64. The maximum atomic E-state index is 12.9. The van der Waals surface area contributed by atoms with E-state index in [0.717, 1.165) is 41.8 Å². The van der Waals surface area contributed by atoms with Gasteiger partial charge in [0.1, 0.15) is 11.2 Å². The first kappa shape index (κ1) is 18.9.